The van der Waals surface area contributed by atoms with Crippen molar-refractivity contribution >= 4 is 7.76 Å². The molecular formula is CH2F3OP. The minimum Gasteiger partial charge on any atom is -0.247 e. The first-order valence-electron chi connectivity index (χ1n) is 1.10. The lowest BCUT2D eigenvalue weighted by Gasteiger charge is -1.81. The highest BCUT2D eigenvalue weighted by Gasteiger charge is 2.16. The molecule has 0 aliphatic carbocycles. The van der Waals surface area contributed by atoms with E-state index < -0.39 is 14.2 Å². The van der Waals surface area contributed by atoms with Gasteiger partial charge in [0.05, 0.1) is 0 Å². The molecule has 0 fully saturated rings. The summed E-state index contributed by atoms with van der Waals surface area (Å²) in [4.78, 5) is 0. The largest absolute Gasteiger partial charge is 0.432 e. The molecule has 0 unspecified atom stereocenters. The van der Waals surface area contributed by atoms with Crippen molar-refractivity contribution in [3.05, 3.63) is 0 Å². The van der Waals surface area contributed by atoms with Crippen molar-refractivity contribution in [3.63, 3.8) is 0 Å². The van der Waals surface area contributed by atoms with Crippen LogP contribution in [0.3, 0.4) is 0 Å². The van der Waals surface area contributed by atoms with E-state index >= 15 is 0 Å². The van der Waals surface area contributed by atoms with Crippen LogP contribution in [0.25, 0.3) is 0 Å². The topological polar surface area (TPSA) is 17.1 Å². The zero-order chi connectivity index (χ0) is 5.21. The van der Waals surface area contributed by atoms with Gasteiger partial charge in [0.25, 0.3) is 0 Å². The van der Waals surface area contributed by atoms with E-state index in [0.717, 1.165) is 0 Å². The SMILES string of the molecule is O=P(F)(F)CF. The lowest BCUT2D eigenvalue weighted by Crippen LogP contribution is -1.59. The number of hydrogen-bond acceptors (Lipinski definition) is 1. The van der Waals surface area contributed by atoms with Crippen LogP contribution < -0.4 is 0 Å². The molecule has 0 saturated carbocycles. The van der Waals surface area contributed by atoms with Crippen LogP contribution in [-0.2, 0) is 4.57 Å². The van der Waals surface area contributed by atoms with Crippen molar-refractivity contribution in [3.8, 4) is 0 Å². The third-order valence-corrected chi connectivity index (χ3v) is 0.417. The molecule has 0 aromatic carbocycles. The maximum atomic E-state index is 10.6. The van der Waals surface area contributed by atoms with Gasteiger partial charge < -0.3 is 0 Å². The van der Waals surface area contributed by atoms with Crippen molar-refractivity contribution in [2.75, 3.05) is 6.42 Å². The third-order valence-electron chi connectivity index (χ3n) is 0.139. The van der Waals surface area contributed by atoms with E-state index in [9.17, 15) is 12.8 Å². The fourth-order valence-electron chi connectivity index (χ4n) is 0. The maximum Gasteiger partial charge on any atom is 0.432 e. The predicted octanol–water partition coefficient (Wildman–Crippen LogP) is 2.05. The molecule has 0 amide bonds. The Labute approximate surface area is 32.8 Å². The minimum absolute atomic E-state index is 2.01. The number of halogens is 3. The summed E-state index contributed by atoms with van der Waals surface area (Å²) < 4.78 is 40.6. The first kappa shape index (κ1) is 6.02. The van der Waals surface area contributed by atoms with Gasteiger partial charge in [0.15, 0.2) is 6.42 Å². The van der Waals surface area contributed by atoms with E-state index in [1.165, 1.54) is 0 Å². The summed E-state index contributed by atoms with van der Waals surface area (Å²) in [5, 5.41) is 0. The Morgan fingerprint density at radius 3 is 1.67 bits per heavy atom. The van der Waals surface area contributed by atoms with Crippen LogP contribution >= 0.6 is 7.76 Å². The Balaban J connectivity index is 3.48. The quantitative estimate of drug-likeness (QED) is 0.481. The van der Waals surface area contributed by atoms with Crippen molar-refractivity contribution in [1.82, 2.24) is 0 Å². The van der Waals surface area contributed by atoms with E-state index in [0.29, 0.717) is 0 Å². The average molecular weight is 118 g/mol. The first-order chi connectivity index (χ1) is 2.56. The van der Waals surface area contributed by atoms with Crippen LogP contribution in [0.1, 0.15) is 0 Å². The van der Waals surface area contributed by atoms with Crippen LogP contribution in [0.4, 0.5) is 12.8 Å². The molecular weight excluding hydrogens is 116 g/mol. The van der Waals surface area contributed by atoms with Gasteiger partial charge in [-0.1, -0.05) is 0 Å². The van der Waals surface area contributed by atoms with Gasteiger partial charge in [-0.05, 0) is 0 Å². The second kappa shape index (κ2) is 1.65. The highest BCUT2D eigenvalue weighted by atomic mass is 31.2. The highest BCUT2D eigenvalue weighted by Crippen LogP contribution is 2.48. The molecule has 5 heteroatoms. The van der Waals surface area contributed by atoms with Gasteiger partial charge in [-0.15, -0.1) is 0 Å². The van der Waals surface area contributed by atoms with Gasteiger partial charge >= 0.3 is 7.76 Å². The van der Waals surface area contributed by atoms with Crippen molar-refractivity contribution < 1.29 is 17.3 Å². The van der Waals surface area contributed by atoms with Gasteiger partial charge in [-0.2, -0.15) is 8.39 Å². The molecule has 0 heterocycles. The molecule has 0 spiro atoms. The molecule has 0 rings (SSSR count). The van der Waals surface area contributed by atoms with E-state index in [4.69, 9.17) is 4.57 Å². The predicted molar refractivity (Wildman–Crippen MR) is 15.8 cm³/mol. The van der Waals surface area contributed by atoms with Gasteiger partial charge in [0.2, 0.25) is 0 Å². The Morgan fingerprint density at radius 2 is 1.67 bits per heavy atom. The molecule has 38 valence electrons. The summed E-state index contributed by atoms with van der Waals surface area (Å²) in [7, 11) is -5.31. The molecule has 6 heavy (non-hydrogen) atoms. The zero-order valence-corrected chi connectivity index (χ0v) is 3.59. The molecule has 0 aliphatic rings. The van der Waals surface area contributed by atoms with Crippen LogP contribution in [-0.4, -0.2) is 6.42 Å². The summed E-state index contributed by atoms with van der Waals surface area (Å²) in [6.45, 7) is 0. The number of rotatable bonds is 1. The Hall–Kier alpha value is 0.0200. The summed E-state index contributed by atoms with van der Waals surface area (Å²) in [6.07, 6.45) is -2.01. The Morgan fingerprint density at radius 1 is 1.50 bits per heavy atom. The Bertz CT molecular complexity index is 74.9. The minimum atomic E-state index is -5.31. The summed E-state index contributed by atoms with van der Waals surface area (Å²) in [6, 6.07) is 0. The van der Waals surface area contributed by atoms with E-state index in [2.05, 4.69) is 0 Å². The first-order valence-corrected chi connectivity index (χ1v) is 2.78. The van der Waals surface area contributed by atoms with Crippen LogP contribution in [0, 0.1) is 0 Å². The normalized spacial score (nSPS) is 11.8. The van der Waals surface area contributed by atoms with Gasteiger partial charge in [0.1, 0.15) is 0 Å². The smallest absolute Gasteiger partial charge is 0.247 e. The Kier molecular flexibility index (Phi) is 1.65. The standard InChI is InChI=1S/CH2F3OP/c2-1-6(3,4)5/h1H2. The van der Waals surface area contributed by atoms with Crippen LogP contribution in [0.15, 0.2) is 0 Å². The lowest BCUT2D eigenvalue weighted by atomic mass is 11.8. The maximum absolute atomic E-state index is 10.6. The van der Waals surface area contributed by atoms with Gasteiger partial charge in [-0.25, -0.2) is 8.96 Å². The van der Waals surface area contributed by atoms with E-state index in [1.807, 2.05) is 0 Å². The fourth-order valence-corrected chi connectivity index (χ4v) is 0. The molecule has 1 nitrogen and oxygen atoms in total. The summed E-state index contributed by atoms with van der Waals surface area (Å²) >= 11 is 0. The van der Waals surface area contributed by atoms with Crippen LogP contribution in [0.2, 0.25) is 0 Å². The molecule has 0 radical (unpaired) electrons. The third kappa shape index (κ3) is 4.02. The fraction of sp³-hybridized carbons (Fsp3) is 1.00. The molecule has 0 bridgehead atoms. The van der Waals surface area contributed by atoms with Crippen molar-refractivity contribution in [2.24, 2.45) is 0 Å². The molecule has 0 aromatic heterocycles. The second-order valence-electron chi connectivity index (χ2n) is 0.690. The van der Waals surface area contributed by atoms with E-state index in [1.54, 1.807) is 0 Å². The van der Waals surface area contributed by atoms with E-state index in [-0.39, 0.29) is 0 Å². The summed E-state index contributed by atoms with van der Waals surface area (Å²) in [5.74, 6) is 0. The molecule has 0 atom stereocenters. The lowest BCUT2D eigenvalue weighted by molar-refractivity contribution is 0.453. The molecule has 0 aromatic rings. The average Bonchev–Trinajstić information content (AvgIpc) is 1.35. The van der Waals surface area contributed by atoms with Crippen molar-refractivity contribution in [2.45, 2.75) is 0 Å². The number of alkyl halides is 1. The molecule has 0 saturated heterocycles. The molecule has 0 N–H and O–H groups in total. The molecule has 0 aliphatic heterocycles. The summed E-state index contributed by atoms with van der Waals surface area (Å²) in [5.41, 5.74) is 0. The highest BCUT2D eigenvalue weighted by molar-refractivity contribution is 7.52. The van der Waals surface area contributed by atoms with Crippen LogP contribution in [0.5, 0.6) is 0 Å². The van der Waals surface area contributed by atoms with Crippen molar-refractivity contribution in [1.29, 1.82) is 0 Å². The van der Waals surface area contributed by atoms with Gasteiger partial charge in [-0.3, -0.25) is 0 Å². The zero-order valence-electron chi connectivity index (χ0n) is 2.70. The van der Waals surface area contributed by atoms with Gasteiger partial charge in [0, 0.05) is 0 Å². The monoisotopic (exact) mass is 118 g/mol. The second-order valence-corrected chi connectivity index (χ2v) is 2.07. The number of hydrogen-bond donors (Lipinski definition) is 0.